The number of halogens is 3. The molecule has 0 fully saturated rings. The highest BCUT2D eigenvalue weighted by atomic mass is 19.2. The molecule has 0 aliphatic heterocycles. The number of hydrogen-bond acceptors (Lipinski definition) is 2. The lowest BCUT2D eigenvalue weighted by Gasteiger charge is -2.13. The standard InChI is InChI=1S/C13H15F3N2O3/c1-7(2-5-10(19)20)6-17-13(21)18-9-4-3-8(14)11(15)12(9)16/h3-4,7H,2,5-6H2,1H3,(H,19,20)(H2,17,18,21). The van der Waals surface area contributed by atoms with Crippen LogP contribution in [0.15, 0.2) is 12.1 Å². The van der Waals surface area contributed by atoms with Gasteiger partial charge in [-0.1, -0.05) is 6.92 Å². The van der Waals surface area contributed by atoms with Crippen molar-refractivity contribution in [3.05, 3.63) is 29.6 Å². The summed E-state index contributed by atoms with van der Waals surface area (Å²) in [5.74, 6) is -5.52. The molecule has 2 amide bonds. The van der Waals surface area contributed by atoms with Gasteiger partial charge in [-0.2, -0.15) is 0 Å². The third kappa shape index (κ3) is 5.33. The van der Waals surface area contributed by atoms with Gasteiger partial charge in [-0.3, -0.25) is 4.79 Å². The number of carbonyl (C=O) groups excluding carboxylic acids is 1. The largest absolute Gasteiger partial charge is 0.481 e. The van der Waals surface area contributed by atoms with E-state index in [9.17, 15) is 22.8 Å². The van der Waals surface area contributed by atoms with E-state index in [-0.39, 0.29) is 18.9 Å². The van der Waals surface area contributed by atoms with Crippen LogP contribution in [0, 0.1) is 23.4 Å². The Morgan fingerprint density at radius 3 is 2.52 bits per heavy atom. The number of anilines is 1. The molecule has 0 bridgehead atoms. The molecule has 1 atom stereocenters. The number of carbonyl (C=O) groups is 2. The average molecular weight is 304 g/mol. The molecule has 0 saturated heterocycles. The van der Waals surface area contributed by atoms with Crippen LogP contribution in [0.3, 0.4) is 0 Å². The van der Waals surface area contributed by atoms with Crippen molar-refractivity contribution in [2.75, 3.05) is 11.9 Å². The Bertz CT molecular complexity index is 538. The molecule has 0 aliphatic rings. The van der Waals surface area contributed by atoms with Crippen LogP contribution in [-0.4, -0.2) is 23.7 Å². The minimum atomic E-state index is -1.66. The molecule has 21 heavy (non-hydrogen) atoms. The van der Waals surface area contributed by atoms with Gasteiger partial charge < -0.3 is 15.7 Å². The Balaban J connectivity index is 2.47. The number of urea groups is 1. The molecule has 0 aromatic heterocycles. The summed E-state index contributed by atoms with van der Waals surface area (Å²) < 4.78 is 39.0. The molecule has 0 aliphatic carbocycles. The molecule has 5 nitrogen and oxygen atoms in total. The number of amides is 2. The van der Waals surface area contributed by atoms with E-state index in [2.05, 4.69) is 10.6 Å². The van der Waals surface area contributed by atoms with Gasteiger partial charge in [0.1, 0.15) is 0 Å². The van der Waals surface area contributed by atoms with Gasteiger partial charge in [0.2, 0.25) is 0 Å². The van der Waals surface area contributed by atoms with Crippen molar-refractivity contribution in [3.63, 3.8) is 0 Å². The fourth-order valence-electron chi connectivity index (χ4n) is 1.53. The zero-order chi connectivity index (χ0) is 16.0. The van der Waals surface area contributed by atoms with Crippen LogP contribution in [0.1, 0.15) is 19.8 Å². The second kappa shape index (κ2) is 7.51. The molecule has 1 aromatic rings. The average Bonchev–Trinajstić information content (AvgIpc) is 2.43. The highest BCUT2D eigenvalue weighted by molar-refractivity contribution is 5.89. The van der Waals surface area contributed by atoms with Crippen LogP contribution >= 0.6 is 0 Å². The minimum absolute atomic E-state index is 0.0255. The maximum Gasteiger partial charge on any atom is 0.319 e. The molecule has 1 rings (SSSR count). The van der Waals surface area contributed by atoms with Crippen LogP contribution in [0.4, 0.5) is 23.7 Å². The van der Waals surface area contributed by atoms with Crippen molar-refractivity contribution in [3.8, 4) is 0 Å². The van der Waals surface area contributed by atoms with E-state index in [0.29, 0.717) is 12.5 Å². The lowest BCUT2D eigenvalue weighted by molar-refractivity contribution is -0.137. The Morgan fingerprint density at radius 1 is 1.24 bits per heavy atom. The summed E-state index contributed by atoms with van der Waals surface area (Å²) in [5, 5.41) is 12.9. The molecule has 0 heterocycles. The van der Waals surface area contributed by atoms with E-state index in [0.717, 1.165) is 6.07 Å². The van der Waals surface area contributed by atoms with Crippen molar-refractivity contribution < 1.29 is 27.9 Å². The normalized spacial score (nSPS) is 11.8. The van der Waals surface area contributed by atoms with Crippen molar-refractivity contribution in [1.82, 2.24) is 5.32 Å². The summed E-state index contributed by atoms with van der Waals surface area (Å²) >= 11 is 0. The van der Waals surface area contributed by atoms with Crippen molar-refractivity contribution in [2.45, 2.75) is 19.8 Å². The molecular formula is C13H15F3N2O3. The smallest absolute Gasteiger partial charge is 0.319 e. The van der Waals surface area contributed by atoms with E-state index in [1.807, 2.05) is 0 Å². The molecule has 0 saturated carbocycles. The summed E-state index contributed by atoms with van der Waals surface area (Å²) in [6.45, 7) is 1.91. The van der Waals surface area contributed by atoms with Crippen LogP contribution in [0.2, 0.25) is 0 Å². The topological polar surface area (TPSA) is 78.4 Å². The van der Waals surface area contributed by atoms with Gasteiger partial charge in [0.15, 0.2) is 17.5 Å². The molecule has 116 valence electrons. The fourth-order valence-corrected chi connectivity index (χ4v) is 1.53. The van der Waals surface area contributed by atoms with Gasteiger partial charge in [-0.15, -0.1) is 0 Å². The fraction of sp³-hybridized carbons (Fsp3) is 0.385. The summed E-state index contributed by atoms with van der Waals surface area (Å²) in [4.78, 5) is 21.9. The van der Waals surface area contributed by atoms with Gasteiger partial charge in [-0.05, 0) is 24.5 Å². The lowest BCUT2D eigenvalue weighted by Crippen LogP contribution is -2.32. The van der Waals surface area contributed by atoms with Crippen molar-refractivity contribution in [1.29, 1.82) is 0 Å². The van der Waals surface area contributed by atoms with Crippen LogP contribution < -0.4 is 10.6 Å². The highest BCUT2D eigenvalue weighted by Crippen LogP contribution is 2.19. The van der Waals surface area contributed by atoms with Gasteiger partial charge in [0.25, 0.3) is 0 Å². The predicted octanol–water partition coefficient (Wildman–Crippen LogP) is 2.73. The van der Waals surface area contributed by atoms with E-state index in [1.165, 1.54) is 0 Å². The molecule has 8 heteroatoms. The summed E-state index contributed by atoms with van der Waals surface area (Å²) in [6.07, 6.45) is 0.345. The Kier molecular flexibility index (Phi) is 6.01. The van der Waals surface area contributed by atoms with Gasteiger partial charge in [0.05, 0.1) is 5.69 Å². The van der Waals surface area contributed by atoms with Crippen LogP contribution in [0.25, 0.3) is 0 Å². The Hall–Kier alpha value is -2.25. The van der Waals surface area contributed by atoms with E-state index >= 15 is 0 Å². The van der Waals surface area contributed by atoms with Gasteiger partial charge >= 0.3 is 12.0 Å². The molecule has 3 N–H and O–H groups in total. The third-order valence-electron chi connectivity index (χ3n) is 2.75. The van der Waals surface area contributed by atoms with Gasteiger partial charge in [0, 0.05) is 13.0 Å². The monoisotopic (exact) mass is 304 g/mol. The van der Waals surface area contributed by atoms with Crippen molar-refractivity contribution >= 4 is 17.7 Å². The molecule has 1 aromatic carbocycles. The number of carboxylic acid groups (broad SMARTS) is 1. The van der Waals surface area contributed by atoms with Crippen LogP contribution in [0.5, 0.6) is 0 Å². The molecular weight excluding hydrogens is 289 g/mol. The zero-order valence-electron chi connectivity index (χ0n) is 11.3. The first-order valence-corrected chi connectivity index (χ1v) is 6.21. The maximum absolute atomic E-state index is 13.3. The first-order valence-electron chi connectivity index (χ1n) is 6.21. The SMILES string of the molecule is CC(CCC(=O)O)CNC(=O)Nc1ccc(F)c(F)c1F. The maximum atomic E-state index is 13.3. The third-order valence-corrected chi connectivity index (χ3v) is 2.75. The zero-order valence-corrected chi connectivity index (χ0v) is 11.3. The Labute approximate surface area is 119 Å². The lowest BCUT2D eigenvalue weighted by atomic mass is 10.1. The second-order valence-electron chi connectivity index (χ2n) is 4.60. The molecule has 1 unspecified atom stereocenters. The predicted molar refractivity (Wildman–Crippen MR) is 69.4 cm³/mol. The molecule has 0 radical (unpaired) electrons. The first-order chi connectivity index (χ1) is 9.81. The van der Waals surface area contributed by atoms with Crippen LogP contribution in [-0.2, 0) is 4.79 Å². The first kappa shape index (κ1) is 16.8. The number of hydrogen-bond donors (Lipinski definition) is 3. The van der Waals surface area contributed by atoms with Crippen molar-refractivity contribution in [2.24, 2.45) is 5.92 Å². The minimum Gasteiger partial charge on any atom is -0.481 e. The highest BCUT2D eigenvalue weighted by Gasteiger charge is 2.15. The Morgan fingerprint density at radius 2 is 1.90 bits per heavy atom. The number of nitrogens with one attached hydrogen (secondary N) is 2. The number of rotatable bonds is 6. The number of benzene rings is 1. The van der Waals surface area contributed by atoms with E-state index in [1.54, 1.807) is 6.92 Å². The summed E-state index contributed by atoms with van der Waals surface area (Å²) in [6, 6.07) is 0.812. The summed E-state index contributed by atoms with van der Waals surface area (Å²) in [5.41, 5.74) is -0.482. The molecule has 0 spiro atoms. The summed E-state index contributed by atoms with van der Waals surface area (Å²) in [7, 11) is 0. The quantitative estimate of drug-likeness (QED) is 0.707. The van der Waals surface area contributed by atoms with Gasteiger partial charge in [-0.25, -0.2) is 18.0 Å². The number of aliphatic carboxylic acids is 1. The van der Waals surface area contributed by atoms with E-state index in [4.69, 9.17) is 5.11 Å². The number of carboxylic acids is 1. The van der Waals surface area contributed by atoms with E-state index < -0.39 is 35.1 Å². The second-order valence-corrected chi connectivity index (χ2v) is 4.60.